The number of hydrogen-bond donors (Lipinski definition) is 2. The van der Waals surface area contributed by atoms with Crippen molar-refractivity contribution < 1.29 is 50.2 Å². The Hall–Kier alpha value is -4.77. The molecule has 2 aliphatic rings. The summed E-state index contributed by atoms with van der Waals surface area (Å²) in [6, 6.07) is 12.9. The fourth-order valence-electron chi connectivity index (χ4n) is 5.69. The fraction of sp³-hybridized carbons (Fsp3) is 0.226. The van der Waals surface area contributed by atoms with Gasteiger partial charge in [0.15, 0.2) is 18.1 Å². The highest BCUT2D eigenvalue weighted by Gasteiger charge is 2.57. The first-order valence-corrected chi connectivity index (χ1v) is 15.6. The van der Waals surface area contributed by atoms with Crippen molar-refractivity contribution in [3.05, 3.63) is 98.0 Å². The minimum atomic E-state index is -4.86. The van der Waals surface area contributed by atoms with Gasteiger partial charge < -0.3 is 19.8 Å². The maximum Gasteiger partial charge on any atom is 0.418 e. The van der Waals surface area contributed by atoms with Gasteiger partial charge in [-0.3, -0.25) is 19.2 Å². The van der Waals surface area contributed by atoms with Gasteiger partial charge in [-0.2, -0.15) is 26.3 Å². The number of aromatic nitrogens is 1. The molecule has 0 saturated carbocycles. The number of halogens is 6. The lowest BCUT2D eigenvalue weighted by Crippen LogP contribution is -2.33. The average molecular weight is 710 g/mol. The lowest BCUT2D eigenvalue weighted by Gasteiger charge is -2.30. The Morgan fingerprint density at radius 2 is 1.56 bits per heavy atom. The SMILES string of the molecule is COc1cc([C@H]2c3sc(=O)[nH]c3SC3C(=O)N(c4ccccc4C(F)(F)F)C(=O)C32)ccc1OCC(=O)Nc1ccccc1C(F)(F)F. The number of imide groups is 1. The van der Waals surface area contributed by atoms with E-state index in [1.807, 2.05) is 0 Å². The van der Waals surface area contributed by atoms with Crippen molar-refractivity contribution in [2.24, 2.45) is 5.92 Å². The Bertz CT molecular complexity index is 1990. The van der Waals surface area contributed by atoms with Gasteiger partial charge in [-0.25, -0.2) is 4.90 Å². The molecule has 3 atom stereocenters. The number of aromatic amines is 1. The monoisotopic (exact) mass is 709 g/mol. The zero-order chi connectivity index (χ0) is 34.5. The van der Waals surface area contributed by atoms with Gasteiger partial charge in [-0.15, -0.1) is 0 Å². The molecule has 2 unspecified atom stereocenters. The van der Waals surface area contributed by atoms with Crippen molar-refractivity contribution in [1.82, 2.24) is 4.98 Å². The topological polar surface area (TPSA) is 118 Å². The van der Waals surface area contributed by atoms with Crippen molar-refractivity contribution in [3.8, 4) is 11.5 Å². The Labute approximate surface area is 274 Å². The van der Waals surface area contributed by atoms with Crippen LogP contribution in [0.5, 0.6) is 11.5 Å². The fourth-order valence-corrected chi connectivity index (χ4v) is 8.20. The lowest BCUT2D eigenvalue weighted by molar-refractivity contribution is -0.138. The third-order valence-corrected chi connectivity index (χ3v) is 10.1. The number of para-hydroxylation sites is 2. The molecule has 0 spiro atoms. The zero-order valence-corrected chi connectivity index (χ0v) is 25.9. The molecule has 3 aromatic carbocycles. The van der Waals surface area contributed by atoms with Crippen LogP contribution >= 0.6 is 23.1 Å². The van der Waals surface area contributed by atoms with E-state index < -0.39 is 81.1 Å². The van der Waals surface area contributed by atoms with Gasteiger partial charge in [0, 0.05) is 10.8 Å². The Kier molecular flexibility index (Phi) is 8.53. The second kappa shape index (κ2) is 12.4. The van der Waals surface area contributed by atoms with Crippen LogP contribution in [0.25, 0.3) is 0 Å². The first kappa shape index (κ1) is 33.1. The van der Waals surface area contributed by atoms with Crippen LogP contribution in [0.4, 0.5) is 37.7 Å². The van der Waals surface area contributed by atoms with E-state index in [0.717, 1.165) is 53.4 Å². The first-order chi connectivity index (χ1) is 22.7. The van der Waals surface area contributed by atoms with Gasteiger partial charge in [-0.05, 0) is 42.0 Å². The number of amides is 3. The number of carbonyl (C=O) groups is 3. The minimum Gasteiger partial charge on any atom is -0.493 e. The molecule has 1 saturated heterocycles. The van der Waals surface area contributed by atoms with Crippen molar-refractivity contribution >= 4 is 52.2 Å². The van der Waals surface area contributed by atoms with Crippen LogP contribution in [0.1, 0.15) is 27.5 Å². The Morgan fingerprint density at radius 3 is 2.25 bits per heavy atom. The van der Waals surface area contributed by atoms with Crippen LogP contribution < -0.4 is 24.6 Å². The highest BCUT2D eigenvalue weighted by molar-refractivity contribution is 8.00. The van der Waals surface area contributed by atoms with Crippen molar-refractivity contribution in [1.29, 1.82) is 0 Å². The number of anilines is 2. The molecule has 2 N–H and O–H groups in total. The Morgan fingerprint density at radius 1 is 0.896 bits per heavy atom. The number of ether oxygens (including phenoxy) is 2. The van der Waals surface area contributed by atoms with Crippen LogP contribution in [0.15, 0.2) is 76.6 Å². The summed E-state index contributed by atoms with van der Waals surface area (Å²) >= 11 is 1.67. The summed E-state index contributed by atoms with van der Waals surface area (Å²) in [7, 11) is 1.27. The number of carbonyl (C=O) groups excluding carboxylic acids is 3. The highest BCUT2D eigenvalue weighted by atomic mass is 32.2. The quantitative estimate of drug-likeness (QED) is 0.171. The molecule has 6 rings (SSSR count). The molecular formula is C31H21F6N3O6S2. The van der Waals surface area contributed by atoms with Gasteiger partial charge in [0.2, 0.25) is 11.8 Å². The number of alkyl halides is 6. The molecule has 2 aliphatic heterocycles. The second-order valence-electron chi connectivity index (χ2n) is 10.6. The number of benzene rings is 3. The smallest absolute Gasteiger partial charge is 0.418 e. The van der Waals surface area contributed by atoms with E-state index >= 15 is 0 Å². The molecule has 3 amide bonds. The number of fused-ring (bicyclic) bond motifs is 2. The number of methoxy groups -OCH3 is 1. The number of thioether (sulfide) groups is 1. The van der Waals surface area contributed by atoms with Crippen molar-refractivity contribution in [2.75, 3.05) is 23.9 Å². The van der Waals surface area contributed by atoms with E-state index in [-0.39, 0.29) is 11.5 Å². The number of hydrogen-bond acceptors (Lipinski definition) is 8. The summed E-state index contributed by atoms with van der Waals surface area (Å²) in [5.74, 6) is -4.81. The van der Waals surface area contributed by atoms with E-state index in [1.54, 1.807) is 0 Å². The van der Waals surface area contributed by atoms with Crippen molar-refractivity contribution in [2.45, 2.75) is 28.5 Å². The van der Waals surface area contributed by atoms with E-state index in [9.17, 15) is 45.5 Å². The maximum absolute atomic E-state index is 13.9. The predicted molar refractivity (Wildman–Crippen MR) is 162 cm³/mol. The second-order valence-corrected chi connectivity index (χ2v) is 12.7. The van der Waals surface area contributed by atoms with Crippen LogP contribution in [0.3, 0.4) is 0 Å². The van der Waals surface area contributed by atoms with Crippen molar-refractivity contribution in [3.63, 3.8) is 0 Å². The normalized spacial score (nSPS) is 19.1. The van der Waals surface area contributed by atoms with Gasteiger partial charge in [0.1, 0.15) is 5.25 Å². The number of H-pyrrole nitrogens is 1. The molecule has 0 radical (unpaired) electrons. The largest absolute Gasteiger partial charge is 0.493 e. The molecule has 0 aliphatic carbocycles. The van der Waals surface area contributed by atoms with Crippen LogP contribution in [-0.2, 0) is 26.7 Å². The summed E-state index contributed by atoms with van der Waals surface area (Å²) in [6.07, 6.45) is -9.57. The average Bonchev–Trinajstić information content (AvgIpc) is 3.53. The predicted octanol–water partition coefficient (Wildman–Crippen LogP) is 6.30. The molecule has 0 bridgehead atoms. The molecule has 3 heterocycles. The number of thiazole rings is 1. The number of rotatable bonds is 7. The van der Waals surface area contributed by atoms with Crippen LogP contribution in [0.2, 0.25) is 0 Å². The molecule has 9 nitrogen and oxygen atoms in total. The molecule has 17 heteroatoms. The van der Waals surface area contributed by atoms with Gasteiger partial charge in [0.05, 0.1) is 40.6 Å². The van der Waals surface area contributed by atoms with Crippen LogP contribution in [0, 0.1) is 5.92 Å². The first-order valence-electron chi connectivity index (χ1n) is 13.9. The third-order valence-electron chi connectivity index (χ3n) is 7.69. The van der Waals surface area contributed by atoms with E-state index in [4.69, 9.17) is 9.47 Å². The summed E-state index contributed by atoms with van der Waals surface area (Å²) in [5.41, 5.74) is -2.93. The molecule has 48 heavy (non-hydrogen) atoms. The highest BCUT2D eigenvalue weighted by Crippen LogP contribution is 2.54. The van der Waals surface area contributed by atoms with Gasteiger partial charge >= 0.3 is 17.2 Å². The van der Waals surface area contributed by atoms with Crippen LogP contribution in [-0.4, -0.2) is 41.7 Å². The summed E-state index contributed by atoms with van der Waals surface area (Å²) < 4.78 is 92.6. The van der Waals surface area contributed by atoms with Gasteiger partial charge in [0.25, 0.3) is 5.91 Å². The maximum atomic E-state index is 13.9. The molecule has 4 aromatic rings. The molecule has 1 fully saturated rings. The van der Waals surface area contributed by atoms with Gasteiger partial charge in [-0.1, -0.05) is 53.4 Å². The standard InChI is InChI=1S/C31H21F6N3O6S2/c1-45-20-12-14(10-11-19(20)46-13-21(41)38-17-8-4-2-6-15(17)30(32,33)34)22-23-25(47-26-24(22)48-29(44)39-26)28(43)40(27(23)42)18-9-5-3-7-16(18)31(35,36)37/h2-12,22-23,25H,13H2,1H3,(H,38,41)(H,39,44)/t22-,23?,25?/m1/s1. The molecule has 250 valence electrons. The van der Waals surface area contributed by atoms with E-state index in [0.29, 0.717) is 20.4 Å². The Balaban J connectivity index is 1.30. The lowest BCUT2D eigenvalue weighted by atomic mass is 9.83. The summed E-state index contributed by atoms with van der Waals surface area (Å²) in [5, 5.41) is 1.28. The van der Waals surface area contributed by atoms with E-state index in [2.05, 4.69) is 10.3 Å². The number of nitrogens with zero attached hydrogens (tertiary/aromatic N) is 1. The van der Waals surface area contributed by atoms with E-state index in [1.165, 1.54) is 43.5 Å². The summed E-state index contributed by atoms with van der Waals surface area (Å²) in [4.78, 5) is 55.6. The minimum absolute atomic E-state index is 0.000670. The number of nitrogens with one attached hydrogen (secondary N) is 2. The zero-order valence-electron chi connectivity index (χ0n) is 24.3. The summed E-state index contributed by atoms with van der Waals surface area (Å²) in [6.45, 7) is -0.712. The molecular weight excluding hydrogens is 688 g/mol. The third kappa shape index (κ3) is 6.03. The molecule has 1 aromatic heterocycles.